The van der Waals surface area contributed by atoms with Gasteiger partial charge in [-0.05, 0) is 79.2 Å². The number of benzene rings is 2. The number of carbonyl (C=O) groups excluding carboxylic acids is 2. The van der Waals surface area contributed by atoms with E-state index in [9.17, 15) is 9.59 Å². The van der Waals surface area contributed by atoms with Crippen LogP contribution in [0.25, 0.3) is 11.8 Å². The van der Waals surface area contributed by atoms with Gasteiger partial charge in [0.1, 0.15) is 0 Å². The maximum absolute atomic E-state index is 12.9. The van der Waals surface area contributed by atoms with Crippen LogP contribution < -0.4 is 0 Å². The minimum atomic E-state index is -0.267. The molecule has 0 spiro atoms. The van der Waals surface area contributed by atoms with E-state index in [2.05, 4.69) is 20.5 Å². The first-order valence-corrected chi connectivity index (χ1v) is 11.3. The largest absolute Gasteiger partial charge is 0.318 e. The third-order valence-electron chi connectivity index (χ3n) is 5.00. The fourth-order valence-corrected chi connectivity index (χ4v) is 4.86. The quantitative estimate of drug-likeness (QED) is 0.372. The number of hydrogen-bond acceptors (Lipinski definition) is 3. The lowest BCUT2D eigenvalue weighted by molar-refractivity contribution is -0.123. The van der Waals surface area contributed by atoms with E-state index in [1.807, 2.05) is 68.4 Å². The highest BCUT2D eigenvalue weighted by atomic mass is 79.9. The molecule has 2 heterocycles. The molecule has 1 aliphatic heterocycles. The first kappa shape index (κ1) is 21.0. The van der Waals surface area contributed by atoms with Crippen molar-refractivity contribution in [1.82, 2.24) is 9.47 Å². The zero-order valence-corrected chi connectivity index (χ0v) is 19.5. The maximum Gasteiger partial charge on any atom is 0.293 e. The summed E-state index contributed by atoms with van der Waals surface area (Å²) < 4.78 is 2.98. The molecule has 0 radical (unpaired) electrons. The normalized spacial score (nSPS) is 15.5. The monoisotopic (exact) mass is 500 g/mol. The summed E-state index contributed by atoms with van der Waals surface area (Å²) in [7, 11) is 0. The van der Waals surface area contributed by atoms with Crippen molar-refractivity contribution in [2.45, 2.75) is 20.4 Å². The van der Waals surface area contributed by atoms with E-state index in [0.717, 1.165) is 44.4 Å². The smallest absolute Gasteiger partial charge is 0.293 e. The van der Waals surface area contributed by atoms with Crippen LogP contribution in [0.3, 0.4) is 0 Å². The Morgan fingerprint density at radius 2 is 1.77 bits per heavy atom. The SMILES string of the molecule is Cc1cc(/C=C2/SC(=O)N(Cc3ccccc3Br)C2=O)c(C)n1-c1ccc(Cl)cc1. The van der Waals surface area contributed by atoms with E-state index in [-0.39, 0.29) is 17.7 Å². The second-order valence-electron chi connectivity index (χ2n) is 7.00. The molecule has 0 bridgehead atoms. The van der Waals surface area contributed by atoms with Gasteiger partial charge in [0.15, 0.2) is 0 Å². The predicted octanol–water partition coefficient (Wildman–Crippen LogP) is 6.75. The van der Waals surface area contributed by atoms with Gasteiger partial charge in [-0.15, -0.1) is 0 Å². The van der Waals surface area contributed by atoms with Crippen LogP contribution in [0.2, 0.25) is 5.02 Å². The molecule has 4 nitrogen and oxygen atoms in total. The number of imide groups is 1. The van der Waals surface area contributed by atoms with Gasteiger partial charge in [-0.1, -0.05) is 45.7 Å². The molecule has 0 saturated carbocycles. The van der Waals surface area contributed by atoms with Gasteiger partial charge in [0.05, 0.1) is 11.4 Å². The molecule has 1 aromatic heterocycles. The molecular weight excluding hydrogens is 484 g/mol. The van der Waals surface area contributed by atoms with Gasteiger partial charge >= 0.3 is 0 Å². The Bertz CT molecular complexity index is 1180. The van der Waals surface area contributed by atoms with Crippen molar-refractivity contribution in [3.8, 4) is 5.69 Å². The van der Waals surface area contributed by atoms with Gasteiger partial charge in [-0.25, -0.2) is 0 Å². The molecule has 0 atom stereocenters. The Kier molecular flexibility index (Phi) is 5.91. The Hall–Kier alpha value is -2.28. The third-order valence-corrected chi connectivity index (χ3v) is 6.93. The molecule has 0 aliphatic carbocycles. The highest BCUT2D eigenvalue weighted by Crippen LogP contribution is 2.35. The molecule has 4 rings (SSSR count). The number of aromatic nitrogens is 1. The first-order valence-electron chi connectivity index (χ1n) is 9.29. The van der Waals surface area contributed by atoms with Gasteiger partial charge < -0.3 is 4.57 Å². The molecule has 30 heavy (non-hydrogen) atoms. The van der Waals surface area contributed by atoms with Crippen LogP contribution in [-0.2, 0) is 11.3 Å². The van der Waals surface area contributed by atoms with E-state index in [0.29, 0.717) is 9.93 Å². The van der Waals surface area contributed by atoms with Crippen LogP contribution in [0.4, 0.5) is 4.79 Å². The zero-order chi connectivity index (χ0) is 21.4. The van der Waals surface area contributed by atoms with E-state index in [4.69, 9.17) is 11.6 Å². The van der Waals surface area contributed by atoms with Crippen LogP contribution in [0.5, 0.6) is 0 Å². The maximum atomic E-state index is 12.9. The van der Waals surface area contributed by atoms with Crippen LogP contribution in [-0.4, -0.2) is 20.6 Å². The lowest BCUT2D eigenvalue weighted by Gasteiger charge is -2.13. The number of rotatable bonds is 4. The van der Waals surface area contributed by atoms with E-state index < -0.39 is 0 Å². The standard InChI is InChI=1S/C23H18BrClN2O2S/c1-14-11-17(15(2)27(14)19-9-7-18(25)8-10-19)12-21-22(28)26(23(29)30-21)13-16-5-3-4-6-20(16)24/h3-12H,13H2,1-2H3/b21-12+. The molecule has 3 aromatic rings. The number of aryl methyl sites for hydroxylation is 1. The van der Waals surface area contributed by atoms with Crippen molar-refractivity contribution in [1.29, 1.82) is 0 Å². The molecule has 0 N–H and O–H groups in total. The van der Waals surface area contributed by atoms with Gasteiger partial charge in [0, 0.05) is 26.6 Å². The van der Waals surface area contributed by atoms with Crippen molar-refractivity contribution in [2.75, 3.05) is 0 Å². The molecule has 152 valence electrons. The first-order chi connectivity index (χ1) is 14.3. The Labute approximate surface area is 192 Å². The number of halogens is 2. The second kappa shape index (κ2) is 8.46. The summed E-state index contributed by atoms with van der Waals surface area (Å²) in [4.78, 5) is 27.2. The number of nitrogens with zero attached hydrogens (tertiary/aromatic N) is 2. The van der Waals surface area contributed by atoms with E-state index in [1.54, 1.807) is 6.08 Å². The molecule has 0 unspecified atom stereocenters. The summed E-state index contributed by atoms with van der Waals surface area (Å²) in [6.45, 7) is 4.25. The topological polar surface area (TPSA) is 42.3 Å². The predicted molar refractivity (Wildman–Crippen MR) is 126 cm³/mol. The fourth-order valence-electron chi connectivity index (χ4n) is 3.50. The average molecular weight is 502 g/mol. The average Bonchev–Trinajstić information content (AvgIpc) is 3.14. The van der Waals surface area contributed by atoms with Crippen molar-refractivity contribution in [2.24, 2.45) is 0 Å². The van der Waals surface area contributed by atoms with Crippen molar-refractivity contribution in [3.63, 3.8) is 0 Å². The Morgan fingerprint density at radius 1 is 1.07 bits per heavy atom. The van der Waals surface area contributed by atoms with Crippen molar-refractivity contribution >= 4 is 56.5 Å². The lowest BCUT2D eigenvalue weighted by atomic mass is 10.2. The summed E-state index contributed by atoms with van der Waals surface area (Å²) in [5.74, 6) is -0.267. The molecule has 1 fully saturated rings. The number of amides is 2. The Balaban J connectivity index is 1.63. The third kappa shape index (κ3) is 4.00. The molecule has 1 saturated heterocycles. The minimum Gasteiger partial charge on any atom is -0.318 e. The highest BCUT2D eigenvalue weighted by molar-refractivity contribution is 9.10. The molecule has 2 aromatic carbocycles. The summed E-state index contributed by atoms with van der Waals surface area (Å²) in [6, 6.07) is 17.2. The van der Waals surface area contributed by atoms with Crippen LogP contribution in [0.15, 0.2) is 64.0 Å². The zero-order valence-electron chi connectivity index (χ0n) is 16.4. The van der Waals surface area contributed by atoms with E-state index in [1.165, 1.54) is 4.90 Å². The molecule has 2 amide bonds. The highest BCUT2D eigenvalue weighted by Gasteiger charge is 2.35. The van der Waals surface area contributed by atoms with Gasteiger partial charge in [-0.2, -0.15) is 0 Å². The van der Waals surface area contributed by atoms with Gasteiger partial charge in [0.25, 0.3) is 11.1 Å². The van der Waals surface area contributed by atoms with Gasteiger partial charge in [-0.3, -0.25) is 14.5 Å². The second-order valence-corrected chi connectivity index (χ2v) is 9.28. The van der Waals surface area contributed by atoms with Crippen molar-refractivity contribution in [3.05, 3.63) is 91.5 Å². The summed E-state index contributed by atoms with van der Waals surface area (Å²) in [5.41, 5.74) is 4.83. The molecule has 1 aliphatic rings. The van der Waals surface area contributed by atoms with Crippen molar-refractivity contribution < 1.29 is 9.59 Å². The van der Waals surface area contributed by atoms with Crippen LogP contribution in [0, 0.1) is 13.8 Å². The lowest BCUT2D eigenvalue weighted by Crippen LogP contribution is -2.27. The van der Waals surface area contributed by atoms with Gasteiger partial charge in [0.2, 0.25) is 0 Å². The van der Waals surface area contributed by atoms with E-state index >= 15 is 0 Å². The number of hydrogen-bond donors (Lipinski definition) is 0. The van der Waals surface area contributed by atoms with Crippen LogP contribution >= 0.6 is 39.3 Å². The Morgan fingerprint density at radius 3 is 2.47 bits per heavy atom. The molecule has 7 heteroatoms. The minimum absolute atomic E-state index is 0.243. The summed E-state index contributed by atoms with van der Waals surface area (Å²) in [5, 5.41) is 0.425. The molecular formula is C23H18BrClN2O2S. The summed E-state index contributed by atoms with van der Waals surface area (Å²) >= 11 is 10.5. The van der Waals surface area contributed by atoms with Crippen LogP contribution in [0.1, 0.15) is 22.5 Å². The fraction of sp³-hybridized carbons (Fsp3) is 0.130. The number of carbonyl (C=O) groups is 2. The summed E-state index contributed by atoms with van der Waals surface area (Å²) in [6.07, 6.45) is 1.81. The number of thioether (sulfide) groups is 1.